The SMILES string of the molecule is CC(C)(C)[Si](C)(C)OCCN1CCCCC1C(=O)O. The van der Waals surface area contributed by atoms with Gasteiger partial charge in [0.2, 0.25) is 0 Å². The van der Waals surface area contributed by atoms with Gasteiger partial charge >= 0.3 is 5.97 Å². The Morgan fingerprint density at radius 2 is 2.00 bits per heavy atom. The van der Waals surface area contributed by atoms with Crippen molar-refractivity contribution in [3.05, 3.63) is 0 Å². The van der Waals surface area contributed by atoms with E-state index < -0.39 is 14.3 Å². The van der Waals surface area contributed by atoms with Crippen LogP contribution in [-0.4, -0.2) is 50.0 Å². The van der Waals surface area contributed by atoms with E-state index >= 15 is 0 Å². The maximum atomic E-state index is 11.2. The van der Waals surface area contributed by atoms with Gasteiger partial charge in [-0.3, -0.25) is 9.69 Å². The molecule has 1 unspecified atom stereocenters. The standard InChI is InChI=1S/C14H29NO3Si/c1-14(2,3)19(4,5)18-11-10-15-9-7-6-8-12(15)13(16)17/h12H,6-11H2,1-5H3,(H,16,17). The second-order valence-corrected chi connectivity index (χ2v) is 11.8. The summed E-state index contributed by atoms with van der Waals surface area (Å²) in [6, 6.07) is -0.309. The third-order valence-electron chi connectivity index (χ3n) is 4.55. The molecular formula is C14H29NO3Si. The van der Waals surface area contributed by atoms with Crippen molar-refractivity contribution in [2.45, 2.75) is 64.2 Å². The minimum atomic E-state index is -1.71. The lowest BCUT2D eigenvalue weighted by atomic mass is 10.0. The van der Waals surface area contributed by atoms with E-state index in [0.29, 0.717) is 6.61 Å². The van der Waals surface area contributed by atoms with E-state index in [9.17, 15) is 9.90 Å². The molecule has 0 bridgehead atoms. The molecule has 0 aromatic rings. The normalized spacial score (nSPS) is 22.5. The van der Waals surface area contributed by atoms with Crippen molar-refractivity contribution in [1.29, 1.82) is 0 Å². The maximum Gasteiger partial charge on any atom is 0.320 e. The predicted molar refractivity (Wildman–Crippen MR) is 80.0 cm³/mol. The number of carboxylic acid groups (broad SMARTS) is 1. The smallest absolute Gasteiger partial charge is 0.320 e. The topological polar surface area (TPSA) is 49.8 Å². The molecule has 1 heterocycles. The Bertz CT molecular complexity index is 312. The lowest BCUT2D eigenvalue weighted by molar-refractivity contribution is -0.144. The predicted octanol–water partition coefficient (Wildman–Crippen LogP) is 2.95. The minimum Gasteiger partial charge on any atom is -0.480 e. The van der Waals surface area contributed by atoms with Crippen LogP contribution in [0, 0.1) is 0 Å². The molecule has 1 rings (SSSR count). The number of hydrogen-bond acceptors (Lipinski definition) is 3. The van der Waals surface area contributed by atoms with Gasteiger partial charge in [-0.25, -0.2) is 0 Å². The molecule has 112 valence electrons. The molecule has 1 aliphatic rings. The summed E-state index contributed by atoms with van der Waals surface area (Å²) in [7, 11) is -1.71. The fourth-order valence-electron chi connectivity index (χ4n) is 2.17. The summed E-state index contributed by atoms with van der Waals surface area (Å²) in [6.45, 7) is 13.4. The number of likely N-dealkylation sites (tertiary alicyclic amines) is 1. The molecule has 0 spiro atoms. The average molecular weight is 287 g/mol. The molecule has 5 heteroatoms. The van der Waals surface area contributed by atoms with Gasteiger partial charge in [-0.05, 0) is 37.5 Å². The van der Waals surface area contributed by atoms with Crippen LogP contribution in [0.5, 0.6) is 0 Å². The van der Waals surface area contributed by atoms with E-state index in [4.69, 9.17) is 4.43 Å². The molecule has 1 saturated heterocycles. The number of hydrogen-bond donors (Lipinski definition) is 1. The summed E-state index contributed by atoms with van der Waals surface area (Å²) >= 11 is 0. The highest BCUT2D eigenvalue weighted by atomic mass is 28.4. The van der Waals surface area contributed by atoms with Crippen LogP contribution < -0.4 is 0 Å². The Morgan fingerprint density at radius 1 is 1.37 bits per heavy atom. The van der Waals surface area contributed by atoms with Crippen LogP contribution in [0.15, 0.2) is 0 Å². The first-order valence-corrected chi connectivity index (χ1v) is 10.2. The van der Waals surface area contributed by atoms with Gasteiger partial charge in [0.05, 0.1) is 0 Å². The van der Waals surface area contributed by atoms with Crippen LogP contribution in [0.25, 0.3) is 0 Å². The fraction of sp³-hybridized carbons (Fsp3) is 0.929. The fourth-order valence-corrected chi connectivity index (χ4v) is 3.21. The van der Waals surface area contributed by atoms with Crippen molar-refractivity contribution >= 4 is 14.3 Å². The summed E-state index contributed by atoms with van der Waals surface area (Å²) in [5.74, 6) is -0.688. The van der Waals surface area contributed by atoms with Crippen molar-refractivity contribution in [2.24, 2.45) is 0 Å². The first-order chi connectivity index (χ1) is 8.65. The highest BCUT2D eigenvalue weighted by Gasteiger charge is 2.37. The molecule has 0 aromatic carbocycles. The second kappa shape index (κ2) is 6.37. The summed E-state index contributed by atoms with van der Waals surface area (Å²) in [4.78, 5) is 13.3. The molecule has 0 radical (unpaired) electrons. The molecule has 1 aliphatic heterocycles. The van der Waals surface area contributed by atoms with Crippen molar-refractivity contribution in [1.82, 2.24) is 4.90 Å². The van der Waals surface area contributed by atoms with Crippen LogP contribution in [0.4, 0.5) is 0 Å². The van der Waals surface area contributed by atoms with Crippen LogP contribution in [0.2, 0.25) is 18.1 Å². The first-order valence-electron chi connectivity index (χ1n) is 7.26. The average Bonchev–Trinajstić information content (AvgIpc) is 2.27. The largest absolute Gasteiger partial charge is 0.480 e. The third kappa shape index (κ3) is 4.58. The van der Waals surface area contributed by atoms with Gasteiger partial charge in [0.15, 0.2) is 8.32 Å². The van der Waals surface area contributed by atoms with Crippen molar-refractivity contribution in [3.8, 4) is 0 Å². The van der Waals surface area contributed by atoms with Gasteiger partial charge in [-0.1, -0.05) is 27.2 Å². The van der Waals surface area contributed by atoms with E-state index in [0.717, 1.165) is 32.4 Å². The molecule has 0 aliphatic carbocycles. The summed E-state index contributed by atoms with van der Waals surface area (Å²) in [6.07, 6.45) is 2.90. The van der Waals surface area contributed by atoms with Gasteiger partial charge in [0.25, 0.3) is 0 Å². The summed E-state index contributed by atoms with van der Waals surface area (Å²) < 4.78 is 6.13. The number of carbonyl (C=O) groups is 1. The van der Waals surface area contributed by atoms with Crippen molar-refractivity contribution in [2.75, 3.05) is 19.7 Å². The van der Waals surface area contributed by atoms with Crippen LogP contribution in [-0.2, 0) is 9.22 Å². The number of nitrogens with zero attached hydrogens (tertiary/aromatic N) is 1. The van der Waals surface area contributed by atoms with E-state index in [1.807, 2.05) is 0 Å². The molecule has 1 atom stereocenters. The molecule has 19 heavy (non-hydrogen) atoms. The van der Waals surface area contributed by atoms with E-state index in [-0.39, 0.29) is 11.1 Å². The highest BCUT2D eigenvalue weighted by Crippen LogP contribution is 2.36. The monoisotopic (exact) mass is 287 g/mol. The van der Waals surface area contributed by atoms with E-state index in [1.54, 1.807) is 0 Å². The Labute approximate surface area is 118 Å². The van der Waals surface area contributed by atoms with Gasteiger partial charge in [0.1, 0.15) is 6.04 Å². The van der Waals surface area contributed by atoms with Gasteiger partial charge < -0.3 is 9.53 Å². The Hall–Kier alpha value is -0.393. The zero-order valence-electron chi connectivity index (χ0n) is 13.0. The van der Waals surface area contributed by atoms with Crippen molar-refractivity contribution < 1.29 is 14.3 Å². The lowest BCUT2D eigenvalue weighted by Crippen LogP contribution is -2.48. The number of piperidine rings is 1. The molecule has 1 N–H and O–H groups in total. The number of rotatable bonds is 5. The van der Waals surface area contributed by atoms with E-state index in [1.165, 1.54) is 0 Å². The number of aliphatic carboxylic acids is 1. The second-order valence-electron chi connectivity index (χ2n) is 6.99. The lowest BCUT2D eigenvalue weighted by Gasteiger charge is -2.38. The van der Waals surface area contributed by atoms with Crippen LogP contribution >= 0.6 is 0 Å². The first kappa shape index (κ1) is 16.7. The minimum absolute atomic E-state index is 0.209. The number of carboxylic acids is 1. The van der Waals surface area contributed by atoms with Gasteiger partial charge in [-0.15, -0.1) is 0 Å². The quantitative estimate of drug-likeness (QED) is 0.790. The molecule has 4 nitrogen and oxygen atoms in total. The van der Waals surface area contributed by atoms with Crippen molar-refractivity contribution in [3.63, 3.8) is 0 Å². The Kier molecular flexibility index (Phi) is 5.59. The Morgan fingerprint density at radius 3 is 2.53 bits per heavy atom. The Balaban J connectivity index is 2.45. The summed E-state index contributed by atoms with van der Waals surface area (Å²) in [5, 5.41) is 9.43. The maximum absolute atomic E-state index is 11.2. The summed E-state index contributed by atoms with van der Waals surface area (Å²) in [5.41, 5.74) is 0. The highest BCUT2D eigenvalue weighted by molar-refractivity contribution is 6.74. The van der Waals surface area contributed by atoms with E-state index in [2.05, 4.69) is 38.8 Å². The molecule has 0 aromatic heterocycles. The third-order valence-corrected chi connectivity index (χ3v) is 9.08. The van der Waals surface area contributed by atoms with Crippen LogP contribution in [0.1, 0.15) is 40.0 Å². The molecular weight excluding hydrogens is 258 g/mol. The van der Waals surface area contributed by atoms with Crippen LogP contribution in [0.3, 0.4) is 0 Å². The zero-order valence-corrected chi connectivity index (χ0v) is 14.0. The van der Waals surface area contributed by atoms with Gasteiger partial charge in [-0.2, -0.15) is 0 Å². The van der Waals surface area contributed by atoms with Gasteiger partial charge in [0, 0.05) is 13.2 Å². The molecule has 0 saturated carbocycles. The zero-order chi connectivity index (χ0) is 14.7. The molecule has 0 amide bonds. The molecule has 1 fully saturated rings.